The molecule has 1 atom stereocenters. The Balaban J connectivity index is 0.000000195. The first-order valence-electron chi connectivity index (χ1n) is 11.7. The van der Waals surface area contributed by atoms with Crippen LogP contribution in [-0.4, -0.2) is 53.0 Å². The lowest BCUT2D eigenvalue weighted by Gasteiger charge is -2.10. The number of aromatic carboxylic acids is 1. The van der Waals surface area contributed by atoms with Gasteiger partial charge < -0.3 is 30.4 Å². The van der Waals surface area contributed by atoms with Gasteiger partial charge in [-0.05, 0) is 42.3 Å². The molecule has 0 fully saturated rings. The van der Waals surface area contributed by atoms with Crippen LogP contribution < -0.4 is 15.2 Å². The fourth-order valence-corrected chi connectivity index (χ4v) is 4.10. The molecule has 0 radical (unpaired) electrons. The van der Waals surface area contributed by atoms with Gasteiger partial charge in [0.25, 0.3) is 0 Å². The zero-order chi connectivity index (χ0) is 26.4. The molecule has 0 spiro atoms. The minimum atomic E-state index is -0.986. The number of fused-ring (bicyclic) bond motifs is 2. The maximum atomic E-state index is 11.6. The molecule has 3 aromatic carbocycles. The Hall–Kier alpha value is -4.40. The van der Waals surface area contributed by atoms with E-state index in [2.05, 4.69) is 16.0 Å². The first-order valence-corrected chi connectivity index (χ1v) is 11.7. The van der Waals surface area contributed by atoms with Crippen molar-refractivity contribution < 1.29 is 24.5 Å². The van der Waals surface area contributed by atoms with Crippen LogP contribution >= 0.6 is 0 Å². The monoisotopic (exact) mass is 499 g/mol. The molecule has 0 unspecified atom stereocenters. The molecular weight excluding hydrogens is 470 g/mol. The number of carbonyl (C=O) groups is 1. The summed E-state index contributed by atoms with van der Waals surface area (Å²) < 4.78 is 10.5. The highest BCUT2D eigenvalue weighted by Crippen LogP contribution is 2.31. The van der Waals surface area contributed by atoms with Gasteiger partial charge in [0.1, 0.15) is 11.5 Å². The maximum Gasteiger partial charge on any atom is 0.336 e. The summed E-state index contributed by atoms with van der Waals surface area (Å²) in [6.45, 7) is 0.0273. The number of hydrogen-bond donors (Lipinski definition) is 4. The normalized spacial score (nSPS) is 11.6. The van der Waals surface area contributed by atoms with E-state index in [-0.39, 0.29) is 18.2 Å². The van der Waals surface area contributed by atoms with Gasteiger partial charge in [0.15, 0.2) is 0 Å². The molecule has 8 nitrogen and oxygen atoms in total. The number of carboxylic acids is 1. The van der Waals surface area contributed by atoms with Gasteiger partial charge in [-0.2, -0.15) is 0 Å². The first-order chi connectivity index (χ1) is 17.9. The largest absolute Gasteiger partial charge is 0.497 e. The van der Waals surface area contributed by atoms with E-state index in [1.165, 1.54) is 10.9 Å². The smallest absolute Gasteiger partial charge is 0.336 e. The number of para-hydroxylation sites is 2. The number of methoxy groups -OCH3 is 2. The standard InChI is InChI=1S/C18H15NO4.C11H14N2O/c1-22-12-7-11(8-13(9-12)23-2)17-10-15(18(20)21)14-5-3-4-6-16(14)19-17;12-9(7-14)5-8-6-13-11-4-2-1-3-10(8)11/h3-10H,1-2H3,(H,20,21);1-4,6,9,13-14H,5,7,12H2/t;9-/m.1/s1. The Bertz CT molecular complexity index is 1510. The van der Waals surface area contributed by atoms with E-state index in [0.717, 1.165) is 11.1 Å². The van der Waals surface area contributed by atoms with Crippen LogP contribution in [0.1, 0.15) is 15.9 Å². The molecule has 0 bridgehead atoms. The van der Waals surface area contributed by atoms with E-state index >= 15 is 0 Å². The van der Waals surface area contributed by atoms with Crippen molar-refractivity contribution in [3.63, 3.8) is 0 Å². The molecule has 0 aliphatic carbocycles. The Morgan fingerprint density at radius 2 is 1.62 bits per heavy atom. The van der Waals surface area contributed by atoms with Gasteiger partial charge in [0, 0.05) is 40.2 Å². The quantitative estimate of drug-likeness (QED) is 0.256. The Morgan fingerprint density at radius 1 is 0.973 bits per heavy atom. The molecule has 0 amide bonds. The van der Waals surface area contributed by atoms with E-state index in [0.29, 0.717) is 34.5 Å². The molecule has 5 rings (SSSR count). The molecule has 190 valence electrons. The molecule has 0 aliphatic heterocycles. The zero-order valence-electron chi connectivity index (χ0n) is 20.6. The van der Waals surface area contributed by atoms with Gasteiger partial charge in [-0.3, -0.25) is 0 Å². The summed E-state index contributed by atoms with van der Waals surface area (Å²) >= 11 is 0. The lowest BCUT2D eigenvalue weighted by molar-refractivity contribution is 0.0699. The molecule has 0 saturated carbocycles. The van der Waals surface area contributed by atoms with E-state index in [4.69, 9.17) is 20.3 Å². The number of hydrogen-bond acceptors (Lipinski definition) is 6. The van der Waals surface area contributed by atoms with Crippen LogP contribution in [0, 0.1) is 0 Å². The van der Waals surface area contributed by atoms with E-state index in [1.807, 2.05) is 30.5 Å². The van der Waals surface area contributed by atoms with Crippen LogP contribution in [-0.2, 0) is 6.42 Å². The number of carboxylic acid groups (broad SMARTS) is 1. The van der Waals surface area contributed by atoms with Gasteiger partial charge in [0.2, 0.25) is 0 Å². The van der Waals surface area contributed by atoms with Crippen molar-refractivity contribution in [2.45, 2.75) is 12.5 Å². The van der Waals surface area contributed by atoms with E-state index in [9.17, 15) is 9.90 Å². The number of aliphatic hydroxyl groups is 1. The summed E-state index contributed by atoms with van der Waals surface area (Å²) in [6.07, 6.45) is 2.67. The van der Waals surface area contributed by atoms with Crippen LogP contribution in [0.4, 0.5) is 0 Å². The van der Waals surface area contributed by atoms with Crippen molar-refractivity contribution in [3.8, 4) is 22.8 Å². The lowest BCUT2D eigenvalue weighted by Crippen LogP contribution is -2.26. The Morgan fingerprint density at radius 3 is 2.27 bits per heavy atom. The number of H-pyrrole nitrogens is 1. The highest BCUT2D eigenvalue weighted by Gasteiger charge is 2.14. The number of nitrogens with zero attached hydrogens (tertiary/aromatic N) is 1. The van der Waals surface area contributed by atoms with Crippen molar-refractivity contribution in [2.24, 2.45) is 5.73 Å². The molecule has 0 saturated heterocycles. The van der Waals surface area contributed by atoms with Crippen LogP contribution in [0.15, 0.2) is 79.0 Å². The topological polar surface area (TPSA) is 131 Å². The van der Waals surface area contributed by atoms with E-state index in [1.54, 1.807) is 56.7 Å². The third-order valence-electron chi connectivity index (χ3n) is 5.99. The maximum absolute atomic E-state index is 11.6. The molecule has 2 aromatic heterocycles. The molecule has 5 aromatic rings. The Labute approximate surface area is 214 Å². The number of nitrogens with one attached hydrogen (secondary N) is 1. The average molecular weight is 500 g/mol. The van der Waals surface area contributed by atoms with Gasteiger partial charge in [-0.25, -0.2) is 9.78 Å². The second kappa shape index (κ2) is 11.6. The Kier molecular flexibility index (Phi) is 8.02. The number of pyridine rings is 1. The van der Waals surface area contributed by atoms with Gasteiger partial charge in [-0.15, -0.1) is 0 Å². The molecular formula is C29H29N3O5. The van der Waals surface area contributed by atoms with Crippen LogP contribution in [0.2, 0.25) is 0 Å². The number of benzene rings is 3. The lowest BCUT2D eigenvalue weighted by atomic mass is 10.0. The van der Waals surface area contributed by atoms with Gasteiger partial charge >= 0.3 is 5.97 Å². The average Bonchev–Trinajstić information content (AvgIpc) is 3.34. The summed E-state index contributed by atoms with van der Waals surface area (Å²) in [5, 5.41) is 20.1. The number of aliphatic hydroxyl groups excluding tert-OH is 1. The second-order valence-corrected chi connectivity index (χ2v) is 8.48. The van der Waals surface area contributed by atoms with Crippen LogP contribution in [0.3, 0.4) is 0 Å². The zero-order valence-corrected chi connectivity index (χ0v) is 20.6. The molecule has 37 heavy (non-hydrogen) atoms. The number of nitrogens with two attached hydrogens (primary N) is 1. The minimum Gasteiger partial charge on any atom is -0.497 e. The first kappa shape index (κ1) is 25.7. The fraction of sp³-hybridized carbons (Fsp3) is 0.172. The third-order valence-corrected chi connectivity index (χ3v) is 5.99. The summed E-state index contributed by atoms with van der Waals surface area (Å²) in [6, 6.07) is 22.0. The van der Waals surface area contributed by atoms with Crippen molar-refractivity contribution in [1.82, 2.24) is 9.97 Å². The molecule has 0 aliphatic rings. The predicted octanol–water partition coefficient (Wildman–Crippen LogP) is 4.65. The summed E-state index contributed by atoms with van der Waals surface area (Å²) in [4.78, 5) is 19.3. The van der Waals surface area contributed by atoms with Crippen molar-refractivity contribution in [2.75, 3.05) is 20.8 Å². The summed E-state index contributed by atoms with van der Waals surface area (Å²) in [7, 11) is 3.13. The number of aromatic nitrogens is 2. The fourth-order valence-electron chi connectivity index (χ4n) is 4.10. The van der Waals surface area contributed by atoms with Crippen LogP contribution in [0.25, 0.3) is 33.1 Å². The highest BCUT2D eigenvalue weighted by molar-refractivity contribution is 6.03. The number of ether oxygens (including phenoxy) is 2. The summed E-state index contributed by atoms with van der Waals surface area (Å²) in [5.74, 6) is 0.247. The minimum absolute atomic E-state index is 0.0273. The third kappa shape index (κ3) is 5.88. The summed E-state index contributed by atoms with van der Waals surface area (Å²) in [5.41, 5.74) is 10.1. The molecule has 8 heteroatoms. The number of aromatic amines is 1. The molecule has 2 heterocycles. The molecule has 5 N–H and O–H groups in total. The van der Waals surface area contributed by atoms with Crippen molar-refractivity contribution >= 4 is 27.8 Å². The van der Waals surface area contributed by atoms with Crippen LogP contribution in [0.5, 0.6) is 11.5 Å². The predicted molar refractivity (Wildman–Crippen MR) is 144 cm³/mol. The second-order valence-electron chi connectivity index (χ2n) is 8.48. The number of rotatable bonds is 7. The van der Waals surface area contributed by atoms with Crippen molar-refractivity contribution in [1.29, 1.82) is 0 Å². The van der Waals surface area contributed by atoms with Crippen molar-refractivity contribution in [3.05, 3.63) is 90.1 Å². The van der Waals surface area contributed by atoms with E-state index < -0.39 is 5.97 Å². The van der Waals surface area contributed by atoms with Gasteiger partial charge in [0.05, 0.1) is 37.6 Å². The highest BCUT2D eigenvalue weighted by atomic mass is 16.5. The SMILES string of the molecule is COc1cc(OC)cc(-c2cc(C(=O)O)c3ccccc3n2)c1.N[C@@H](CO)Cc1c[nH]c2ccccc12. The van der Waals surface area contributed by atoms with Gasteiger partial charge in [-0.1, -0.05) is 36.4 Å².